The summed E-state index contributed by atoms with van der Waals surface area (Å²) in [4.78, 5) is 0. The van der Waals surface area contributed by atoms with Gasteiger partial charge in [0.15, 0.2) is 0 Å². The van der Waals surface area contributed by atoms with Crippen LogP contribution >= 0.6 is 0 Å². The van der Waals surface area contributed by atoms with Gasteiger partial charge in [0.05, 0.1) is 23.5 Å². The molecule has 5 rings (SSSR count). The molecular formula is C20H20N4. The standard InChI is InChI=1S/C20H20N4/c1-2-7-15(8-3-1)23-20-16-9-4-5-10-18(16)24-19(11-6-13-21-24)17(20)12-14-22-23/h1-5,7-10,13-14,17,19-20H,6,11-12H2/t17-,19-,20+/m0/s1. The highest BCUT2D eigenvalue weighted by atomic mass is 15.5. The van der Waals surface area contributed by atoms with Crippen molar-refractivity contribution in [3.8, 4) is 0 Å². The van der Waals surface area contributed by atoms with Crippen LogP contribution in [-0.2, 0) is 0 Å². The van der Waals surface area contributed by atoms with Crippen LogP contribution in [0.3, 0.4) is 0 Å². The van der Waals surface area contributed by atoms with E-state index in [2.05, 4.69) is 77.0 Å². The molecule has 0 N–H and O–H groups in total. The van der Waals surface area contributed by atoms with Crippen molar-refractivity contribution >= 4 is 23.8 Å². The van der Waals surface area contributed by atoms with Gasteiger partial charge >= 0.3 is 0 Å². The van der Waals surface area contributed by atoms with Crippen molar-refractivity contribution in [3.05, 3.63) is 60.2 Å². The summed E-state index contributed by atoms with van der Waals surface area (Å²) in [5.41, 5.74) is 3.72. The van der Waals surface area contributed by atoms with Gasteiger partial charge in [-0.3, -0.25) is 10.0 Å². The highest BCUT2D eigenvalue weighted by Gasteiger charge is 2.45. The van der Waals surface area contributed by atoms with Gasteiger partial charge in [-0.05, 0) is 37.5 Å². The number of hydrogen-bond acceptors (Lipinski definition) is 4. The van der Waals surface area contributed by atoms with Gasteiger partial charge in [0.1, 0.15) is 0 Å². The summed E-state index contributed by atoms with van der Waals surface area (Å²) in [6.07, 6.45) is 7.38. The molecule has 0 saturated carbocycles. The number of anilines is 2. The van der Waals surface area contributed by atoms with Gasteiger partial charge in [-0.2, -0.15) is 10.2 Å². The molecule has 0 amide bonds. The largest absolute Gasteiger partial charge is 0.262 e. The molecule has 0 aliphatic carbocycles. The Hall–Kier alpha value is -2.62. The maximum atomic E-state index is 4.77. The molecule has 3 aliphatic heterocycles. The fraction of sp³-hybridized carbons (Fsp3) is 0.300. The molecule has 4 heteroatoms. The Balaban J connectivity index is 1.68. The van der Waals surface area contributed by atoms with Gasteiger partial charge in [0.25, 0.3) is 0 Å². The minimum absolute atomic E-state index is 0.281. The zero-order valence-corrected chi connectivity index (χ0v) is 13.5. The topological polar surface area (TPSA) is 31.2 Å². The molecule has 0 spiro atoms. The van der Waals surface area contributed by atoms with E-state index in [1.165, 1.54) is 11.3 Å². The van der Waals surface area contributed by atoms with E-state index in [1.54, 1.807) is 0 Å². The third kappa shape index (κ3) is 1.99. The summed E-state index contributed by atoms with van der Waals surface area (Å²) in [6.45, 7) is 0. The SMILES string of the molecule is C1=NN(c2ccccc2)[C@@H]2c3ccccc3N3N=CCC[C@H]3[C@@H]2C1. The van der Waals surface area contributed by atoms with Crippen molar-refractivity contribution in [2.75, 3.05) is 10.0 Å². The lowest BCUT2D eigenvalue weighted by Gasteiger charge is -2.50. The normalized spacial score (nSPS) is 27.4. The summed E-state index contributed by atoms with van der Waals surface area (Å²) in [5, 5.41) is 14.0. The molecular weight excluding hydrogens is 296 g/mol. The number of fused-ring (bicyclic) bond motifs is 6. The zero-order chi connectivity index (χ0) is 15.9. The van der Waals surface area contributed by atoms with Crippen LogP contribution in [-0.4, -0.2) is 18.5 Å². The van der Waals surface area contributed by atoms with Crippen LogP contribution in [0, 0.1) is 5.92 Å². The molecule has 0 bridgehead atoms. The number of hydrogen-bond donors (Lipinski definition) is 0. The van der Waals surface area contributed by atoms with E-state index in [-0.39, 0.29) is 6.04 Å². The lowest BCUT2D eigenvalue weighted by Crippen LogP contribution is -2.51. The molecule has 0 aromatic heterocycles. The van der Waals surface area contributed by atoms with E-state index in [0.29, 0.717) is 12.0 Å². The third-order valence-corrected chi connectivity index (χ3v) is 5.38. The van der Waals surface area contributed by atoms with Crippen LogP contribution in [0.2, 0.25) is 0 Å². The average Bonchev–Trinajstić information content (AvgIpc) is 2.68. The first-order valence-electron chi connectivity index (χ1n) is 8.71. The lowest BCUT2D eigenvalue weighted by molar-refractivity contribution is 0.294. The Morgan fingerprint density at radius 2 is 1.62 bits per heavy atom. The Bertz CT molecular complexity index is 798. The van der Waals surface area contributed by atoms with Crippen molar-refractivity contribution in [1.82, 2.24) is 0 Å². The van der Waals surface area contributed by atoms with Gasteiger partial charge in [0.2, 0.25) is 0 Å². The van der Waals surface area contributed by atoms with Crippen LogP contribution in [0.15, 0.2) is 64.8 Å². The molecule has 3 heterocycles. The molecule has 2 aromatic carbocycles. The summed E-state index contributed by atoms with van der Waals surface area (Å²) in [6, 6.07) is 19.9. The second-order valence-electron chi connectivity index (χ2n) is 6.67. The van der Waals surface area contributed by atoms with Crippen molar-refractivity contribution in [2.24, 2.45) is 16.1 Å². The zero-order valence-electron chi connectivity index (χ0n) is 13.5. The molecule has 120 valence electrons. The predicted octanol–water partition coefficient (Wildman–Crippen LogP) is 4.21. The Labute approximate surface area is 142 Å². The first kappa shape index (κ1) is 13.8. The van der Waals surface area contributed by atoms with Gasteiger partial charge in [-0.25, -0.2) is 0 Å². The number of hydrazone groups is 2. The molecule has 3 atom stereocenters. The minimum atomic E-state index is 0.281. The van der Waals surface area contributed by atoms with Gasteiger partial charge < -0.3 is 0 Å². The number of nitrogens with zero attached hydrogens (tertiary/aromatic N) is 4. The summed E-state index contributed by atoms with van der Waals surface area (Å²) in [5.74, 6) is 0.509. The fourth-order valence-corrected chi connectivity index (χ4v) is 4.36. The quantitative estimate of drug-likeness (QED) is 0.789. The minimum Gasteiger partial charge on any atom is -0.262 e. The average molecular weight is 316 g/mol. The maximum Gasteiger partial charge on any atom is 0.0848 e. The lowest BCUT2D eigenvalue weighted by atomic mass is 9.77. The van der Waals surface area contributed by atoms with Crippen molar-refractivity contribution in [3.63, 3.8) is 0 Å². The Morgan fingerprint density at radius 1 is 0.833 bits per heavy atom. The highest BCUT2D eigenvalue weighted by Crippen LogP contribution is 2.49. The summed E-state index contributed by atoms with van der Waals surface area (Å²) in [7, 11) is 0. The summed E-state index contributed by atoms with van der Waals surface area (Å²) < 4.78 is 0. The molecule has 0 saturated heterocycles. The van der Waals surface area contributed by atoms with E-state index >= 15 is 0 Å². The Kier molecular flexibility index (Phi) is 3.15. The van der Waals surface area contributed by atoms with Crippen molar-refractivity contribution < 1.29 is 0 Å². The van der Waals surface area contributed by atoms with Gasteiger partial charge in [0, 0.05) is 23.9 Å². The van der Waals surface area contributed by atoms with Crippen LogP contribution in [0.5, 0.6) is 0 Å². The molecule has 2 aromatic rings. The van der Waals surface area contributed by atoms with E-state index in [0.717, 1.165) is 24.9 Å². The van der Waals surface area contributed by atoms with Gasteiger partial charge in [-0.15, -0.1) is 0 Å². The predicted molar refractivity (Wildman–Crippen MR) is 98.7 cm³/mol. The van der Waals surface area contributed by atoms with E-state index in [1.807, 2.05) is 0 Å². The fourth-order valence-electron chi connectivity index (χ4n) is 4.36. The first-order chi connectivity index (χ1) is 11.9. The van der Waals surface area contributed by atoms with E-state index in [9.17, 15) is 0 Å². The van der Waals surface area contributed by atoms with Crippen LogP contribution in [0.4, 0.5) is 11.4 Å². The molecule has 3 aliphatic rings. The second-order valence-corrected chi connectivity index (χ2v) is 6.67. The van der Waals surface area contributed by atoms with Crippen LogP contribution in [0.1, 0.15) is 30.9 Å². The van der Waals surface area contributed by atoms with E-state index < -0.39 is 0 Å². The van der Waals surface area contributed by atoms with Crippen molar-refractivity contribution in [2.45, 2.75) is 31.3 Å². The van der Waals surface area contributed by atoms with Gasteiger partial charge in [-0.1, -0.05) is 36.4 Å². The Morgan fingerprint density at radius 3 is 2.54 bits per heavy atom. The highest BCUT2D eigenvalue weighted by molar-refractivity contribution is 5.71. The number of para-hydroxylation sites is 2. The molecule has 4 nitrogen and oxygen atoms in total. The molecule has 24 heavy (non-hydrogen) atoms. The van der Waals surface area contributed by atoms with Crippen molar-refractivity contribution in [1.29, 1.82) is 0 Å². The van der Waals surface area contributed by atoms with Crippen LogP contribution in [0.25, 0.3) is 0 Å². The number of benzene rings is 2. The monoisotopic (exact) mass is 316 g/mol. The third-order valence-electron chi connectivity index (χ3n) is 5.38. The maximum absolute atomic E-state index is 4.77. The molecule has 0 fully saturated rings. The first-order valence-corrected chi connectivity index (χ1v) is 8.71. The molecule has 0 radical (unpaired) electrons. The second kappa shape index (κ2) is 5.48. The smallest absolute Gasteiger partial charge is 0.0848 e. The number of rotatable bonds is 1. The van der Waals surface area contributed by atoms with E-state index in [4.69, 9.17) is 10.2 Å². The molecule has 0 unspecified atom stereocenters. The summed E-state index contributed by atoms with van der Waals surface area (Å²) >= 11 is 0. The van der Waals surface area contributed by atoms with Crippen LogP contribution < -0.4 is 10.0 Å².